The second-order valence-electron chi connectivity index (χ2n) is 9.04. The number of hydrogen-bond donors (Lipinski definition) is 3. The number of hydrogen-bond acceptors (Lipinski definition) is 6. The summed E-state index contributed by atoms with van der Waals surface area (Å²) in [7, 11) is 0. The van der Waals surface area contributed by atoms with Crippen molar-refractivity contribution in [2.45, 2.75) is 20.8 Å². The number of nitrogens with zero attached hydrogens (tertiary/aromatic N) is 2. The minimum Gasteiger partial charge on any atom is -0.465 e. The molecule has 4 rings (SSSR count). The molecule has 192 valence electrons. The van der Waals surface area contributed by atoms with E-state index in [1.54, 1.807) is 13.0 Å². The van der Waals surface area contributed by atoms with Crippen LogP contribution in [0.4, 0.5) is 10.1 Å². The van der Waals surface area contributed by atoms with E-state index in [9.17, 15) is 18.8 Å². The molecule has 1 aromatic heterocycles. The maximum absolute atomic E-state index is 13.8. The molecule has 2 amide bonds. The van der Waals surface area contributed by atoms with Gasteiger partial charge in [0.15, 0.2) is 0 Å². The third kappa shape index (κ3) is 5.66. The lowest BCUT2D eigenvalue weighted by molar-refractivity contribution is -0.144. The highest BCUT2D eigenvalue weighted by Crippen LogP contribution is 2.34. The summed E-state index contributed by atoms with van der Waals surface area (Å²) in [6.45, 7) is 10.5. The Morgan fingerprint density at radius 2 is 1.89 bits per heavy atom. The zero-order chi connectivity index (χ0) is 25.8. The van der Waals surface area contributed by atoms with Crippen LogP contribution in [0.15, 0.2) is 18.2 Å². The number of aromatic amines is 1. The van der Waals surface area contributed by atoms with Gasteiger partial charge < -0.3 is 20.4 Å². The first-order valence-corrected chi connectivity index (χ1v) is 12.2. The van der Waals surface area contributed by atoms with Gasteiger partial charge in [0, 0.05) is 61.9 Å². The van der Waals surface area contributed by atoms with Crippen molar-refractivity contribution in [2.24, 2.45) is 0 Å². The molecule has 3 N–H and O–H groups in total. The average molecular weight is 498 g/mol. The van der Waals surface area contributed by atoms with Gasteiger partial charge in [-0.3, -0.25) is 24.2 Å². The summed E-state index contributed by atoms with van der Waals surface area (Å²) in [5.41, 5.74) is 4.01. The normalized spacial score (nSPS) is 17.2. The minimum absolute atomic E-state index is 0.186. The van der Waals surface area contributed by atoms with Gasteiger partial charge in [-0.2, -0.15) is 0 Å². The van der Waals surface area contributed by atoms with E-state index < -0.39 is 5.82 Å². The lowest BCUT2D eigenvalue weighted by atomic mass is 10.0. The molecule has 0 bridgehead atoms. The van der Waals surface area contributed by atoms with Crippen LogP contribution in [0.1, 0.15) is 39.8 Å². The van der Waals surface area contributed by atoms with Gasteiger partial charge in [0.25, 0.3) is 11.8 Å². The van der Waals surface area contributed by atoms with Gasteiger partial charge in [-0.25, -0.2) is 4.39 Å². The summed E-state index contributed by atoms with van der Waals surface area (Å²) in [4.78, 5) is 44.6. The van der Waals surface area contributed by atoms with Gasteiger partial charge in [-0.15, -0.1) is 0 Å². The molecule has 2 aliphatic heterocycles. The van der Waals surface area contributed by atoms with E-state index in [2.05, 4.69) is 25.4 Å². The summed E-state index contributed by atoms with van der Waals surface area (Å²) in [5.74, 6) is -1.11. The van der Waals surface area contributed by atoms with Gasteiger partial charge in [0.1, 0.15) is 5.82 Å². The standard InChI is InChI=1S/C26H32FN5O4/c1-4-36-23(33)15-32-11-9-31(10-12-32)8-7-28-26(35)24-16(2)22(29-17(24)3)14-20-19-13-18(27)5-6-21(19)30-25(20)34/h5-6,13-14,29H,4,7-12,15H2,1-3H3,(H,28,35)(H,30,34)/b20-14-. The number of fused-ring (bicyclic) bond motifs is 1. The topological polar surface area (TPSA) is 107 Å². The van der Waals surface area contributed by atoms with Gasteiger partial charge in [0.05, 0.1) is 24.3 Å². The third-order valence-electron chi connectivity index (χ3n) is 6.59. The Bertz CT molecular complexity index is 1200. The first-order chi connectivity index (χ1) is 17.3. The van der Waals surface area contributed by atoms with Crippen molar-refractivity contribution in [3.05, 3.63) is 52.1 Å². The second-order valence-corrected chi connectivity index (χ2v) is 9.04. The molecule has 0 aliphatic carbocycles. The SMILES string of the molecule is CCOC(=O)CN1CCN(CCNC(=O)c2c(C)[nH]c(/C=C3\C(=O)Nc4ccc(F)cc43)c2C)CC1. The first-order valence-electron chi connectivity index (χ1n) is 12.2. The van der Waals surface area contributed by atoms with Crippen LogP contribution >= 0.6 is 0 Å². The highest BCUT2D eigenvalue weighted by Gasteiger charge is 2.26. The molecular weight excluding hydrogens is 465 g/mol. The Morgan fingerprint density at radius 3 is 2.61 bits per heavy atom. The quantitative estimate of drug-likeness (QED) is 0.381. The Kier molecular flexibility index (Phi) is 7.85. The summed E-state index contributed by atoms with van der Waals surface area (Å²) in [6.07, 6.45) is 1.66. The summed E-state index contributed by atoms with van der Waals surface area (Å²) >= 11 is 0. The molecule has 0 saturated carbocycles. The fourth-order valence-corrected chi connectivity index (χ4v) is 4.68. The molecule has 36 heavy (non-hydrogen) atoms. The summed E-state index contributed by atoms with van der Waals surface area (Å²) in [6, 6.07) is 4.17. The molecule has 3 heterocycles. The van der Waals surface area contributed by atoms with Crippen molar-refractivity contribution >= 4 is 35.1 Å². The predicted molar refractivity (Wildman–Crippen MR) is 135 cm³/mol. The highest BCUT2D eigenvalue weighted by atomic mass is 19.1. The van der Waals surface area contributed by atoms with Crippen molar-refractivity contribution in [1.29, 1.82) is 0 Å². The van der Waals surface area contributed by atoms with Crippen LogP contribution < -0.4 is 10.6 Å². The van der Waals surface area contributed by atoms with Crippen LogP contribution in [0.3, 0.4) is 0 Å². The number of nitrogens with one attached hydrogen (secondary N) is 3. The predicted octanol–water partition coefficient (Wildman–Crippen LogP) is 2.17. The number of carbonyl (C=O) groups is 3. The monoisotopic (exact) mass is 497 g/mol. The van der Waals surface area contributed by atoms with Crippen molar-refractivity contribution in [3.8, 4) is 0 Å². The van der Waals surface area contributed by atoms with Gasteiger partial charge in [0.2, 0.25) is 0 Å². The molecule has 2 aliphatic rings. The van der Waals surface area contributed by atoms with Crippen LogP contribution in [0.5, 0.6) is 0 Å². The fraction of sp³-hybridized carbons (Fsp3) is 0.423. The zero-order valence-electron chi connectivity index (χ0n) is 20.9. The van der Waals surface area contributed by atoms with E-state index in [4.69, 9.17) is 4.74 Å². The number of ether oxygens (including phenoxy) is 1. The van der Waals surface area contributed by atoms with Crippen LogP contribution in [0.25, 0.3) is 11.6 Å². The molecule has 1 aromatic carbocycles. The molecule has 9 nitrogen and oxygen atoms in total. The molecule has 1 saturated heterocycles. The van der Waals surface area contributed by atoms with Gasteiger partial charge >= 0.3 is 5.97 Å². The number of aryl methyl sites for hydroxylation is 1. The minimum atomic E-state index is -0.420. The highest BCUT2D eigenvalue weighted by molar-refractivity contribution is 6.34. The fourth-order valence-electron chi connectivity index (χ4n) is 4.68. The average Bonchev–Trinajstić information content (AvgIpc) is 3.29. The molecule has 0 radical (unpaired) electrons. The molecular formula is C26H32FN5O4. The molecule has 1 fully saturated rings. The second kappa shape index (κ2) is 11.0. The van der Waals surface area contributed by atoms with Crippen molar-refractivity contribution in [1.82, 2.24) is 20.1 Å². The number of aromatic nitrogens is 1. The van der Waals surface area contributed by atoms with E-state index in [1.165, 1.54) is 18.2 Å². The van der Waals surface area contributed by atoms with Crippen molar-refractivity contribution in [3.63, 3.8) is 0 Å². The zero-order valence-corrected chi connectivity index (χ0v) is 20.9. The maximum Gasteiger partial charge on any atom is 0.320 e. The Balaban J connectivity index is 1.34. The summed E-state index contributed by atoms with van der Waals surface area (Å²) in [5, 5.41) is 5.73. The first kappa shape index (κ1) is 25.6. The molecule has 0 unspecified atom stereocenters. The lowest BCUT2D eigenvalue weighted by Crippen LogP contribution is -2.49. The number of piperazine rings is 1. The number of anilines is 1. The number of H-pyrrole nitrogens is 1. The van der Waals surface area contributed by atoms with Crippen molar-refractivity contribution < 1.29 is 23.5 Å². The van der Waals surface area contributed by atoms with Gasteiger partial charge in [-0.05, 0) is 50.6 Å². The largest absolute Gasteiger partial charge is 0.465 e. The van der Waals surface area contributed by atoms with Crippen LogP contribution in [0.2, 0.25) is 0 Å². The Morgan fingerprint density at radius 1 is 1.17 bits per heavy atom. The number of esters is 1. The van der Waals surface area contributed by atoms with Crippen LogP contribution in [0, 0.1) is 19.7 Å². The van der Waals surface area contributed by atoms with Crippen molar-refractivity contribution in [2.75, 3.05) is 57.7 Å². The maximum atomic E-state index is 13.8. The summed E-state index contributed by atoms with van der Waals surface area (Å²) < 4.78 is 18.8. The number of amides is 2. The van der Waals surface area contributed by atoms with E-state index >= 15 is 0 Å². The smallest absolute Gasteiger partial charge is 0.320 e. The van der Waals surface area contributed by atoms with Crippen LogP contribution in [-0.4, -0.2) is 85.0 Å². The lowest BCUT2D eigenvalue weighted by Gasteiger charge is -2.34. The number of carbonyl (C=O) groups excluding carboxylic acids is 3. The van der Waals surface area contributed by atoms with E-state index in [-0.39, 0.29) is 17.8 Å². The number of benzene rings is 1. The van der Waals surface area contributed by atoms with E-state index in [1.807, 2.05) is 13.8 Å². The molecule has 10 heteroatoms. The van der Waals surface area contributed by atoms with Gasteiger partial charge in [-0.1, -0.05) is 0 Å². The molecule has 2 aromatic rings. The van der Waals surface area contributed by atoms with E-state index in [0.717, 1.165) is 31.7 Å². The Hall–Kier alpha value is -3.50. The van der Waals surface area contributed by atoms with E-state index in [0.29, 0.717) is 60.0 Å². The number of halogens is 1. The Labute approximate surface area is 209 Å². The molecule has 0 atom stereocenters. The van der Waals surface area contributed by atoms with Crippen LogP contribution in [-0.2, 0) is 14.3 Å². The third-order valence-corrected chi connectivity index (χ3v) is 6.59. The molecule has 0 spiro atoms. The number of rotatable bonds is 8.